The molecule has 1 saturated carbocycles. The van der Waals surface area contributed by atoms with Gasteiger partial charge in [-0.2, -0.15) is 0 Å². The Morgan fingerprint density at radius 1 is 1.46 bits per heavy atom. The first-order chi connectivity index (χ1) is 6.27. The molecule has 0 aliphatic heterocycles. The Morgan fingerprint density at radius 3 is 2.92 bits per heavy atom. The Morgan fingerprint density at radius 2 is 2.31 bits per heavy atom. The Balaban J connectivity index is 2.12. The van der Waals surface area contributed by atoms with Crippen molar-refractivity contribution < 1.29 is 0 Å². The Labute approximate surface area is 80.0 Å². The summed E-state index contributed by atoms with van der Waals surface area (Å²) in [6.07, 6.45) is 9.39. The molecule has 0 amide bonds. The van der Waals surface area contributed by atoms with Crippen molar-refractivity contribution >= 4 is 0 Å². The lowest BCUT2D eigenvalue weighted by Crippen LogP contribution is -2.15. The lowest BCUT2D eigenvalue weighted by atomic mass is 9.82. The standard InChI is InChI=1S/C11H18N2/c1-9-4-3-5-10(8-9)11-12-6-7-13(11)2/h6-7,9-10H,3-5,8H2,1-2H3/t9-,10+/m1/s1. The largest absolute Gasteiger partial charge is 0.338 e. The molecule has 0 aromatic carbocycles. The highest BCUT2D eigenvalue weighted by molar-refractivity contribution is 5.01. The van der Waals surface area contributed by atoms with E-state index in [-0.39, 0.29) is 0 Å². The van der Waals surface area contributed by atoms with Crippen molar-refractivity contribution in [1.29, 1.82) is 0 Å². The second kappa shape index (κ2) is 3.52. The van der Waals surface area contributed by atoms with Crippen LogP contribution in [0.25, 0.3) is 0 Å². The molecule has 2 heteroatoms. The van der Waals surface area contributed by atoms with Crippen LogP contribution < -0.4 is 0 Å². The Bertz CT molecular complexity index is 277. The number of aryl methyl sites for hydroxylation is 1. The molecule has 2 nitrogen and oxygen atoms in total. The van der Waals surface area contributed by atoms with Crippen molar-refractivity contribution in [3.63, 3.8) is 0 Å². The van der Waals surface area contributed by atoms with Crippen molar-refractivity contribution in [2.24, 2.45) is 13.0 Å². The van der Waals surface area contributed by atoms with Gasteiger partial charge in [0.25, 0.3) is 0 Å². The monoisotopic (exact) mass is 178 g/mol. The first-order valence-corrected chi connectivity index (χ1v) is 5.24. The van der Waals surface area contributed by atoms with E-state index in [1.807, 2.05) is 6.20 Å². The van der Waals surface area contributed by atoms with Crippen LogP contribution in [0.2, 0.25) is 0 Å². The zero-order valence-corrected chi connectivity index (χ0v) is 8.53. The van der Waals surface area contributed by atoms with E-state index in [0.717, 1.165) is 5.92 Å². The molecule has 2 atom stereocenters. The third-order valence-electron chi connectivity index (χ3n) is 3.16. The number of aromatic nitrogens is 2. The zero-order chi connectivity index (χ0) is 9.26. The van der Waals surface area contributed by atoms with Gasteiger partial charge in [-0.3, -0.25) is 0 Å². The van der Waals surface area contributed by atoms with Gasteiger partial charge in [0.1, 0.15) is 5.82 Å². The minimum atomic E-state index is 0.712. The Hall–Kier alpha value is -0.790. The van der Waals surface area contributed by atoms with Crippen LogP contribution in [0.4, 0.5) is 0 Å². The smallest absolute Gasteiger partial charge is 0.111 e. The average molecular weight is 178 g/mol. The molecule has 0 bridgehead atoms. The number of nitrogens with zero attached hydrogens (tertiary/aromatic N) is 2. The molecule has 0 radical (unpaired) electrons. The molecule has 1 aliphatic carbocycles. The van der Waals surface area contributed by atoms with E-state index in [2.05, 4.69) is 29.7 Å². The maximum atomic E-state index is 4.44. The van der Waals surface area contributed by atoms with E-state index >= 15 is 0 Å². The summed E-state index contributed by atoms with van der Waals surface area (Å²) >= 11 is 0. The van der Waals surface area contributed by atoms with Crippen LogP contribution in [0.15, 0.2) is 12.4 Å². The number of imidazole rings is 1. The van der Waals surface area contributed by atoms with E-state index in [0.29, 0.717) is 5.92 Å². The molecule has 1 heterocycles. The molecular weight excluding hydrogens is 160 g/mol. The summed E-state index contributed by atoms with van der Waals surface area (Å²) in [4.78, 5) is 4.44. The molecule has 72 valence electrons. The molecule has 13 heavy (non-hydrogen) atoms. The predicted molar refractivity (Wildman–Crippen MR) is 53.6 cm³/mol. The quantitative estimate of drug-likeness (QED) is 0.646. The fourth-order valence-corrected chi connectivity index (χ4v) is 2.44. The number of rotatable bonds is 1. The summed E-state index contributed by atoms with van der Waals surface area (Å²) in [7, 11) is 2.10. The van der Waals surface area contributed by atoms with E-state index in [1.54, 1.807) is 0 Å². The molecular formula is C11H18N2. The predicted octanol–water partition coefficient (Wildman–Crippen LogP) is 2.71. The van der Waals surface area contributed by atoms with Crippen molar-refractivity contribution in [1.82, 2.24) is 9.55 Å². The van der Waals surface area contributed by atoms with Crippen LogP contribution in [0, 0.1) is 5.92 Å². The lowest BCUT2D eigenvalue weighted by Gasteiger charge is -2.26. The maximum absolute atomic E-state index is 4.44. The van der Waals surface area contributed by atoms with Crippen LogP contribution in [0.3, 0.4) is 0 Å². The van der Waals surface area contributed by atoms with Gasteiger partial charge in [0.2, 0.25) is 0 Å². The number of hydrogen-bond acceptors (Lipinski definition) is 1. The van der Waals surface area contributed by atoms with Crippen LogP contribution in [-0.2, 0) is 7.05 Å². The summed E-state index contributed by atoms with van der Waals surface area (Å²) in [6.45, 7) is 2.36. The molecule has 1 fully saturated rings. The molecule has 0 saturated heterocycles. The second-order valence-corrected chi connectivity index (χ2v) is 4.37. The van der Waals surface area contributed by atoms with Crippen LogP contribution in [-0.4, -0.2) is 9.55 Å². The van der Waals surface area contributed by atoms with Gasteiger partial charge in [0.15, 0.2) is 0 Å². The Kier molecular flexibility index (Phi) is 2.38. The third-order valence-corrected chi connectivity index (χ3v) is 3.16. The topological polar surface area (TPSA) is 17.8 Å². The molecule has 1 aromatic rings. The summed E-state index contributed by atoms with van der Waals surface area (Å²) in [5, 5.41) is 0. The zero-order valence-electron chi connectivity index (χ0n) is 8.53. The molecule has 1 aliphatic rings. The van der Waals surface area contributed by atoms with Gasteiger partial charge < -0.3 is 4.57 Å². The highest BCUT2D eigenvalue weighted by atomic mass is 15.0. The van der Waals surface area contributed by atoms with Crippen molar-refractivity contribution in [3.05, 3.63) is 18.2 Å². The number of hydrogen-bond donors (Lipinski definition) is 0. The average Bonchev–Trinajstić information content (AvgIpc) is 2.51. The second-order valence-electron chi connectivity index (χ2n) is 4.37. The first kappa shape index (κ1) is 8.79. The van der Waals surface area contributed by atoms with Crippen LogP contribution >= 0.6 is 0 Å². The van der Waals surface area contributed by atoms with Gasteiger partial charge in [-0.05, 0) is 18.8 Å². The van der Waals surface area contributed by atoms with E-state index in [1.165, 1.54) is 31.5 Å². The fraction of sp³-hybridized carbons (Fsp3) is 0.727. The van der Waals surface area contributed by atoms with Crippen molar-refractivity contribution in [3.8, 4) is 0 Å². The molecule has 2 rings (SSSR count). The lowest BCUT2D eigenvalue weighted by molar-refractivity contribution is 0.331. The first-order valence-electron chi connectivity index (χ1n) is 5.24. The normalized spacial score (nSPS) is 29.1. The summed E-state index contributed by atoms with van der Waals surface area (Å²) in [6, 6.07) is 0. The van der Waals surface area contributed by atoms with Gasteiger partial charge in [-0.1, -0.05) is 19.8 Å². The van der Waals surface area contributed by atoms with E-state index in [9.17, 15) is 0 Å². The van der Waals surface area contributed by atoms with Crippen LogP contribution in [0.5, 0.6) is 0 Å². The van der Waals surface area contributed by atoms with Gasteiger partial charge in [-0.25, -0.2) is 4.98 Å². The molecule has 0 unspecified atom stereocenters. The SMILES string of the molecule is C[C@@H]1CCC[C@H](c2nccn2C)C1. The molecule has 0 N–H and O–H groups in total. The maximum Gasteiger partial charge on any atom is 0.111 e. The van der Waals surface area contributed by atoms with Gasteiger partial charge in [-0.15, -0.1) is 0 Å². The van der Waals surface area contributed by atoms with Crippen molar-refractivity contribution in [2.75, 3.05) is 0 Å². The fourth-order valence-electron chi connectivity index (χ4n) is 2.44. The minimum absolute atomic E-state index is 0.712. The summed E-state index contributed by atoms with van der Waals surface area (Å²) < 4.78 is 2.17. The highest BCUT2D eigenvalue weighted by Crippen LogP contribution is 2.34. The van der Waals surface area contributed by atoms with E-state index < -0.39 is 0 Å². The van der Waals surface area contributed by atoms with Crippen LogP contribution in [0.1, 0.15) is 44.3 Å². The molecule has 0 spiro atoms. The van der Waals surface area contributed by atoms with Gasteiger partial charge in [0.05, 0.1) is 0 Å². The highest BCUT2D eigenvalue weighted by Gasteiger charge is 2.22. The van der Waals surface area contributed by atoms with E-state index in [4.69, 9.17) is 0 Å². The van der Waals surface area contributed by atoms with Gasteiger partial charge in [0, 0.05) is 25.4 Å². The van der Waals surface area contributed by atoms with Gasteiger partial charge >= 0.3 is 0 Å². The molecule has 1 aromatic heterocycles. The minimum Gasteiger partial charge on any atom is -0.338 e. The summed E-state index contributed by atoms with van der Waals surface area (Å²) in [5.74, 6) is 2.88. The van der Waals surface area contributed by atoms with Crippen molar-refractivity contribution in [2.45, 2.75) is 38.5 Å². The summed E-state index contributed by atoms with van der Waals surface area (Å²) in [5.41, 5.74) is 0. The third kappa shape index (κ3) is 1.77.